The summed E-state index contributed by atoms with van der Waals surface area (Å²) in [5.74, 6) is -0.997. The van der Waals surface area contributed by atoms with Crippen molar-refractivity contribution >= 4 is 42.9 Å². The molecule has 0 bridgehead atoms. The van der Waals surface area contributed by atoms with E-state index in [1.54, 1.807) is 20.9 Å². The van der Waals surface area contributed by atoms with Gasteiger partial charge in [-0.2, -0.15) is 0 Å². The van der Waals surface area contributed by atoms with Gasteiger partial charge in [0.15, 0.2) is 0 Å². The summed E-state index contributed by atoms with van der Waals surface area (Å²) in [5.41, 5.74) is 4.45. The van der Waals surface area contributed by atoms with Gasteiger partial charge < -0.3 is 29.7 Å². The minimum Gasteiger partial charge on any atom is -0.543 e. The Hall–Kier alpha value is -4.90. The zero-order valence-corrected chi connectivity index (χ0v) is 41.4. The second-order valence-electron chi connectivity index (χ2n) is 18.7. The topological polar surface area (TPSA) is 130 Å². The van der Waals surface area contributed by atoms with Crippen LogP contribution in [0.25, 0.3) is 10.9 Å². The van der Waals surface area contributed by atoms with Crippen molar-refractivity contribution in [3.63, 3.8) is 0 Å². The second kappa shape index (κ2) is 24.8. The number of allylic oxidation sites excluding steroid dienone is 4. The van der Waals surface area contributed by atoms with E-state index in [0.717, 1.165) is 47.1 Å². The number of unbranched alkanes of at least 4 members (excludes halogenated alkanes) is 2. The molecular formula is C52H78N4O6Si. The number of aromatic nitrogens is 1. The third-order valence-corrected chi connectivity index (χ3v) is 18.3. The molecule has 1 aromatic heterocycles. The maximum atomic E-state index is 14.8. The molecule has 0 radical (unpaired) electrons. The molecule has 0 aliphatic rings. The fraction of sp³-hybridized carbons (Fsp3) is 0.538. The van der Waals surface area contributed by atoms with Crippen LogP contribution in [0.5, 0.6) is 5.75 Å². The highest BCUT2D eigenvalue weighted by molar-refractivity contribution is 6.78. The molecule has 0 aliphatic carbocycles. The third kappa shape index (κ3) is 15.1. The molecule has 3 amide bonds. The zero-order chi connectivity index (χ0) is 47.0. The average molecular weight is 883 g/mol. The number of hydrogen-bond acceptors (Lipinski definition) is 6. The molecule has 3 aromatic rings. The smallest absolute Gasteiger partial charge is 0.308 e. The number of H-pyrrole nitrogens is 1. The lowest BCUT2D eigenvalue weighted by Gasteiger charge is -2.42. The molecule has 3 rings (SSSR count). The summed E-state index contributed by atoms with van der Waals surface area (Å²) in [6.45, 7) is 30.5. The van der Waals surface area contributed by atoms with Crippen LogP contribution < -0.4 is 15.1 Å². The Morgan fingerprint density at radius 2 is 1.48 bits per heavy atom. The van der Waals surface area contributed by atoms with E-state index in [1.165, 1.54) is 4.90 Å². The van der Waals surface area contributed by atoms with Crippen LogP contribution in [0.15, 0.2) is 91.7 Å². The molecule has 0 fully saturated rings. The van der Waals surface area contributed by atoms with Crippen molar-refractivity contribution in [1.29, 1.82) is 0 Å². The van der Waals surface area contributed by atoms with Gasteiger partial charge in [0.05, 0.1) is 18.6 Å². The number of nitrogens with one attached hydrogen (secondary N) is 3. The van der Waals surface area contributed by atoms with E-state index in [-0.39, 0.29) is 36.7 Å². The minimum absolute atomic E-state index is 0.130. The lowest BCUT2D eigenvalue weighted by atomic mass is 9.99. The van der Waals surface area contributed by atoms with Gasteiger partial charge in [-0.25, -0.2) is 0 Å². The number of likely N-dealkylation sites (N-methyl/N-ethyl adjacent to an activating group) is 1. The van der Waals surface area contributed by atoms with Crippen LogP contribution in [0, 0.1) is 11.8 Å². The van der Waals surface area contributed by atoms with E-state index in [0.29, 0.717) is 35.0 Å². The molecule has 3 N–H and O–H groups in total. The quantitative estimate of drug-likeness (QED) is 0.0319. The first-order valence-corrected chi connectivity index (χ1v) is 25.2. The zero-order valence-electron chi connectivity index (χ0n) is 40.4. The van der Waals surface area contributed by atoms with Gasteiger partial charge in [-0.1, -0.05) is 110 Å². The lowest BCUT2D eigenvalue weighted by molar-refractivity contribution is -0.149. The summed E-state index contributed by atoms with van der Waals surface area (Å²) >= 11 is 0. The number of carbonyl (C=O) groups excluding carboxylic acids is 4. The van der Waals surface area contributed by atoms with Gasteiger partial charge in [0.2, 0.25) is 17.7 Å². The first kappa shape index (κ1) is 52.4. The van der Waals surface area contributed by atoms with Crippen molar-refractivity contribution in [3.05, 3.63) is 103 Å². The molecule has 0 aliphatic heterocycles. The fourth-order valence-corrected chi connectivity index (χ4v) is 14.3. The molecule has 1 heterocycles. The Labute approximate surface area is 379 Å². The number of esters is 1. The number of carbonyl (C=O) groups is 4. The summed E-state index contributed by atoms with van der Waals surface area (Å²) in [4.78, 5) is 60.5. The second-order valence-corrected chi connectivity index (χ2v) is 24.1. The Morgan fingerprint density at radius 1 is 0.841 bits per heavy atom. The van der Waals surface area contributed by atoms with Crippen LogP contribution in [0.4, 0.5) is 0 Å². The SMILES string of the molecule is C=CCCC/C=C\[C@H](C)C[C@H](C)OC(=O)C[C@@H](NC(=O)[C@@H](Cc1c[nH]c2ccccc12)N(C)C(=O)[C@H](C)NC(=O)[C@@H](C)CC(=C)C)c1ccc(O[Si](C(C)C)(C(C)C)C(C)C)cc1. The van der Waals surface area contributed by atoms with E-state index in [2.05, 4.69) is 89.4 Å². The first-order valence-electron chi connectivity index (χ1n) is 23.0. The number of nitrogens with zero attached hydrogens (tertiary/aromatic N) is 1. The number of amides is 3. The van der Waals surface area contributed by atoms with Crippen LogP contribution in [-0.4, -0.2) is 67.1 Å². The summed E-state index contributed by atoms with van der Waals surface area (Å²) < 4.78 is 13.0. The van der Waals surface area contributed by atoms with Crippen LogP contribution in [0.1, 0.15) is 132 Å². The molecule has 0 unspecified atom stereocenters. The summed E-state index contributed by atoms with van der Waals surface area (Å²) in [5, 5.41) is 6.95. The highest BCUT2D eigenvalue weighted by Crippen LogP contribution is 2.43. The largest absolute Gasteiger partial charge is 0.543 e. The number of hydrogen-bond donors (Lipinski definition) is 3. The molecule has 11 heteroatoms. The maximum absolute atomic E-state index is 14.8. The third-order valence-electron chi connectivity index (χ3n) is 12.3. The summed E-state index contributed by atoms with van der Waals surface area (Å²) in [7, 11) is -0.673. The molecule has 63 heavy (non-hydrogen) atoms. The number of rotatable bonds is 26. The number of para-hydroxylation sites is 1. The van der Waals surface area contributed by atoms with Gasteiger partial charge in [-0.15, -0.1) is 13.2 Å². The monoisotopic (exact) mass is 883 g/mol. The van der Waals surface area contributed by atoms with Crippen LogP contribution in [0.3, 0.4) is 0 Å². The van der Waals surface area contributed by atoms with Gasteiger partial charge in [0, 0.05) is 36.5 Å². The van der Waals surface area contributed by atoms with Gasteiger partial charge in [-0.05, 0) is 105 Å². The normalized spacial score (nSPS) is 14.8. The lowest BCUT2D eigenvalue weighted by Crippen LogP contribution is -2.55. The Morgan fingerprint density at radius 3 is 2.08 bits per heavy atom. The minimum atomic E-state index is -2.26. The van der Waals surface area contributed by atoms with Crippen molar-refractivity contribution in [3.8, 4) is 5.75 Å². The summed E-state index contributed by atoms with van der Waals surface area (Å²) in [6, 6.07) is 12.8. The molecule has 346 valence electrons. The first-order chi connectivity index (χ1) is 29.7. The number of aromatic amines is 1. The van der Waals surface area contributed by atoms with Gasteiger partial charge in [-0.3, -0.25) is 19.2 Å². The van der Waals surface area contributed by atoms with Crippen LogP contribution in [0.2, 0.25) is 16.6 Å². The van der Waals surface area contributed by atoms with Crippen molar-refractivity contribution < 1.29 is 28.3 Å². The molecule has 6 atom stereocenters. The van der Waals surface area contributed by atoms with Gasteiger partial charge in [0.25, 0.3) is 8.32 Å². The van der Waals surface area contributed by atoms with Crippen LogP contribution in [-0.2, 0) is 30.3 Å². The summed E-state index contributed by atoms with van der Waals surface area (Å²) in [6.07, 6.45) is 11.9. The maximum Gasteiger partial charge on any atom is 0.308 e. The van der Waals surface area contributed by atoms with Crippen molar-refractivity contribution in [2.75, 3.05) is 7.05 Å². The highest BCUT2D eigenvalue weighted by atomic mass is 28.4. The van der Waals surface area contributed by atoms with Crippen molar-refractivity contribution in [2.24, 2.45) is 11.8 Å². The predicted octanol–water partition coefficient (Wildman–Crippen LogP) is 11.3. The average Bonchev–Trinajstić information content (AvgIpc) is 3.63. The highest BCUT2D eigenvalue weighted by Gasteiger charge is 2.47. The molecule has 2 aromatic carbocycles. The Kier molecular flexibility index (Phi) is 20.7. The van der Waals surface area contributed by atoms with Crippen molar-refractivity contribution in [1.82, 2.24) is 20.5 Å². The van der Waals surface area contributed by atoms with E-state index < -0.39 is 44.2 Å². The van der Waals surface area contributed by atoms with Gasteiger partial charge >= 0.3 is 5.97 Å². The van der Waals surface area contributed by atoms with Crippen molar-refractivity contribution in [2.45, 2.75) is 162 Å². The van der Waals surface area contributed by atoms with E-state index in [9.17, 15) is 19.2 Å². The standard InChI is InChI=1S/C52H78N4O6Si/c1-15-16-17-18-19-22-38(10)30-40(12)61-49(57)32-47(42-25-27-44(28-26-42)62-63(35(4)5,36(6)7)37(8)9)55-51(59)48(31-43-33-53-46-24-21-20-23-45(43)46)56(14)52(60)41(13)54-50(58)39(11)29-34(2)3/h15,19-28,33,35-41,47-48,53H,1-2,16-18,29-32H2,3-14H3,(H,54,58)(H,55,59)/b22-19-/t38-,39-,40-,41-,47+,48+/m0/s1. The number of benzene rings is 2. The molecule has 0 saturated carbocycles. The van der Waals surface area contributed by atoms with E-state index >= 15 is 0 Å². The van der Waals surface area contributed by atoms with Crippen LogP contribution >= 0.6 is 0 Å². The van der Waals surface area contributed by atoms with Gasteiger partial charge in [0.1, 0.15) is 17.8 Å². The predicted molar refractivity (Wildman–Crippen MR) is 261 cm³/mol. The molecule has 10 nitrogen and oxygen atoms in total. The molecule has 0 saturated heterocycles. The molecule has 0 spiro atoms. The van der Waals surface area contributed by atoms with E-state index in [1.807, 2.05) is 74.7 Å². The molecular weight excluding hydrogens is 805 g/mol. The number of fused-ring (bicyclic) bond motifs is 1. The van der Waals surface area contributed by atoms with E-state index in [4.69, 9.17) is 9.16 Å². The Bertz CT molecular complexity index is 1980. The Balaban J connectivity index is 1.99. The number of ether oxygens (including phenoxy) is 1. The fourth-order valence-electron chi connectivity index (χ4n) is 9.05.